The van der Waals surface area contributed by atoms with Crippen LogP contribution in [0.2, 0.25) is 0 Å². The van der Waals surface area contributed by atoms with Gasteiger partial charge in [0.05, 0.1) is 6.26 Å². The predicted molar refractivity (Wildman–Crippen MR) is 52.8 cm³/mol. The Balaban J connectivity index is 2.10. The maximum atomic E-state index is 5.67. The van der Waals surface area contributed by atoms with Crippen molar-refractivity contribution in [2.24, 2.45) is 11.1 Å². The van der Waals surface area contributed by atoms with Gasteiger partial charge >= 0.3 is 0 Å². The molecule has 0 spiro atoms. The highest BCUT2D eigenvalue weighted by atomic mass is 16.5. The van der Waals surface area contributed by atoms with Crippen molar-refractivity contribution in [3.63, 3.8) is 0 Å². The molecular weight excluding hydrogens is 162 g/mol. The third-order valence-corrected chi connectivity index (χ3v) is 2.86. The highest BCUT2D eigenvalue weighted by Crippen LogP contribution is 2.37. The molecule has 2 nitrogen and oxygen atoms in total. The average Bonchev–Trinajstić information content (AvgIpc) is 2.63. The van der Waals surface area contributed by atoms with Crippen LogP contribution in [0.5, 0.6) is 0 Å². The summed E-state index contributed by atoms with van der Waals surface area (Å²) in [5.74, 6) is 0. The molecule has 0 aromatic carbocycles. The van der Waals surface area contributed by atoms with Crippen molar-refractivity contribution in [2.75, 3.05) is 0 Å². The normalized spacial score (nSPS) is 37.3. The number of rotatable bonds is 1. The van der Waals surface area contributed by atoms with Crippen molar-refractivity contribution >= 4 is 0 Å². The number of nitrogens with two attached hydrogens (primary N) is 1. The van der Waals surface area contributed by atoms with E-state index >= 15 is 0 Å². The molecule has 2 unspecified atom stereocenters. The van der Waals surface area contributed by atoms with E-state index in [9.17, 15) is 0 Å². The van der Waals surface area contributed by atoms with E-state index in [1.54, 1.807) is 6.26 Å². The Bertz CT molecular complexity index is 282. The molecule has 0 radical (unpaired) electrons. The van der Waals surface area contributed by atoms with Gasteiger partial charge in [-0.25, -0.2) is 0 Å². The quantitative estimate of drug-likeness (QED) is 0.665. The number of hydrogen-bond acceptors (Lipinski definition) is 2. The van der Waals surface area contributed by atoms with Crippen molar-refractivity contribution in [3.05, 3.63) is 36.3 Å². The topological polar surface area (TPSA) is 35.2 Å². The van der Waals surface area contributed by atoms with Crippen LogP contribution < -0.4 is 5.73 Å². The Morgan fingerprint density at radius 3 is 3.00 bits per heavy atom. The molecule has 0 amide bonds. The summed E-state index contributed by atoms with van der Waals surface area (Å²) in [5, 5.41) is 0. The highest BCUT2D eigenvalue weighted by Gasteiger charge is 2.34. The summed E-state index contributed by atoms with van der Waals surface area (Å²) in [7, 11) is 0. The first-order chi connectivity index (χ1) is 6.21. The minimum absolute atomic E-state index is 0.117. The van der Waals surface area contributed by atoms with Gasteiger partial charge in [0.15, 0.2) is 0 Å². The zero-order valence-corrected chi connectivity index (χ0v) is 7.86. The zero-order valence-electron chi connectivity index (χ0n) is 7.86. The Kier molecular flexibility index (Phi) is 1.91. The predicted octanol–water partition coefficient (Wildman–Crippen LogP) is 2.10. The van der Waals surface area contributed by atoms with Crippen LogP contribution in [0, 0.1) is 5.41 Å². The van der Waals surface area contributed by atoms with Crippen LogP contribution in [-0.2, 0) is 4.74 Å². The van der Waals surface area contributed by atoms with Crippen LogP contribution in [0.15, 0.2) is 36.3 Å². The van der Waals surface area contributed by atoms with Crippen molar-refractivity contribution in [1.29, 1.82) is 0 Å². The molecule has 1 aliphatic heterocycles. The lowest BCUT2D eigenvalue weighted by molar-refractivity contribution is 0.0735. The van der Waals surface area contributed by atoms with Gasteiger partial charge in [-0.3, -0.25) is 0 Å². The molecule has 0 fully saturated rings. The van der Waals surface area contributed by atoms with E-state index in [-0.39, 0.29) is 11.5 Å². The molecule has 1 aliphatic carbocycles. The number of ether oxygens (including phenoxy) is 1. The van der Waals surface area contributed by atoms with E-state index in [0.717, 1.165) is 18.5 Å². The van der Waals surface area contributed by atoms with Gasteiger partial charge in [-0.05, 0) is 18.6 Å². The fourth-order valence-corrected chi connectivity index (χ4v) is 1.81. The van der Waals surface area contributed by atoms with E-state index in [1.165, 1.54) is 0 Å². The fourth-order valence-electron chi connectivity index (χ4n) is 1.81. The van der Waals surface area contributed by atoms with Crippen molar-refractivity contribution in [3.8, 4) is 0 Å². The molecule has 1 heterocycles. The lowest BCUT2D eigenvalue weighted by atomic mass is 9.77. The minimum atomic E-state index is 0.117. The van der Waals surface area contributed by atoms with Crippen LogP contribution in [0.1, 0.15) is 19.8 Å². The second kappa shape index (κ2) is 2.95. The third kappa shape index (κ3) is 1.48. The van der Waals surface area contributed by atoms with Crippen molar-refractivity contribution in [2.45, 2.75) is 25.9 Å². The summed E-state index contributed by atoms with van der Waals surface area (Å²) in [6.07, 6.45) is 12.4. The smallest absolute Gasteiger partial charge is 0.110 e. The highest BCUT2D eigenvalue weighted by molar-refractivity contribution is 5.25. The molecule has 0 bridgehead atoms. The van der Waals surface area contributed by atoms with Crippen LogP contribution in [0.25, 0.3) is 0 Å². The number of allylic oxidation sites excluding steroid dienone is 2. The van der Waals surface area contributed by atoms with Crippen molar-refractivity contribution < 1.29 is 4.74 Å². The summed E-state index contributed by atoms with van der Waals surface area (Å²) in [6, 6.07) is 0. The summed E-state index contributed by atoms with van der Waals surface area (Å²) >= 11 is 0. The molecule has 0 saturated carbocycles. The molecule has 13 heavy (non-hydrogen) atoms. The van der Waals surface area contributed by atoms with Crippen LogP contribution in [0.4, 0.5) is 0 Å². The zero-order chi connectivity index (χ0) is 9.31. The van der Waals surface area contributed by atoms with E-state index in [4.69, 9.17) is 10.5 Å². The minimum Gasteiger partial charge on any atom is -0.497 e. The summed E-state index contributed by atoms with van der Waals surface area (Å²) in [6.45, 7) is 2.21. The molecule has 0 aromatic rings. The number of hydrogen-bond donors (Lipinski definition) is 1. The lowest BCUT2D eigenvalue weighted by Crippen LogP contribution is -2.31. The first-order valence-corrected chi connectivity index (χ1v) is 4.66. The van der Waals surface area contributed by atoms with E-state index < -0.39 is 0 Å². The second-order valence-electron chi connectivity index (χ2n) is 3.98. The SMILES string of the molecule is CC1(C2CC=CO2)C=CC(N)=CC1. The molecule has 0 aromatic heterocycles. The van der Waals surface area contributed by atoms with Crippen LogP contribution >= 0.6 is 0 Å². The molecule has 2 aliphatic rings. The van der Waals surface area contributed by atoms with Gasteiger partial charge in [0, 0.05) is 17.5 Å². The van der Waals surface area contributed by atoms with Gasteiger partial charge in [-0.1, -0.05) is 19.1 Å². The van der Waals surface area contributed by atoms with E-state index in [2.05, 4.69) is 25.2 Å². The second-order valence-corrected chi connectivity index (χ2v) is 3.98. The van der Waals surface area contributed by atoms with Crippen LogP contribution in [0.3, 0.4) is 0 Å². The Labute approximate surface area is 78.8 Å². The lowest BCUT2D eigenvalue weighted by Gasteiger charge is -2.32. The third-order valence-electron chi connectivity index (χ3n) is 2.86. The van der Waals surface area contributed by atoms with Gasteiger partial charge in [-0.2, -0.15) is 0 Å². The Hall–Kier alpha value is -1.18. The standard InChI is InChI=1S/C11H15NO/c1-11(10-3-2-8-13-10)6-4-9(12)5-7-11/h2,4-6,8,10H,3,7,12H2,1H3. The summed E-state index contributed by atoms with van der Waals surface area (Å²) in [5.41, 5.74) is 6.65. The largest absolute Gasteiger partial charge is 0.497 e. The van der Waals surface area contributed by atoms with E-state index in [1.807, 2.05) is 6.08 Å². The monoisotopic (exact) mass is 177 g/mol. The van der Waals surface area contributed by atoms with Gasteiger partial charge in [0.25, 0.3) is 0 Å². The van der Waals surface area contributed by atoms with Crippen LogP contribution in [-0.4, -0.2) is 6.10 Å². The average molecular weight is 177 g/mol. The molecule has 2 rings (SSSR count). The molecule has 70 valence electrons. The van der Waals surface area contributed by atoms with Gasteiger partial charge in [0.2, 0.25) is 0 Å². The van der Waals surface area contributed by atoms with Gasteiger partial charge in [0.1, 0.15) is 6.10 Å². The summed E-state index contributed by atoms with van der Waals surface area (Å²) in [4.78, 5) is 0. The molecule has 2 atom stereocenters. The maximum absolute atomic E-state index is 5.67. The van der Waals surface area contributed by atoms with Gasteiger partial charge in [-0.15, -0.1) is 0 Å². The summed E-state index contributed by atoms with van der Waals surface area (Å²) < 4.78 is 5.53. The molecular formula is C11H15NO. The van der Waals surface area contributed by atoms with Gasteiger partial charge < -0.3 is 10.5 Å². The fraction of sp³-hybridized carbons (Fsp3) is 0.455. The Morgan fingerprint density at radius 1 is 1.62 bits per heavy atom. The first-order valence-electron chi connectivity index (χ1n) is 4.66. The molecule has 2 N–H and O–H groups in total. The Morgan fingerprint density at radius 2 is 2.46 bits per heavy atom. The molecule has 2 heteroatoms. The molecule has 0 saturated heterocycles. The van der Waals surface area contributed by atoms with Crippen molar-refractivity contribution in [1.82, 2.24) is 0 Å². The first kappa shape index (κ1) is 8.42. The van der Waals surface area contributed by atoms with E-state index in [0.29, 0.717) is 0 Å². The maximum Gasteiger partial charge on any atom is 0.110 e.